The summed E-state index contributed by atoms with van der Waals surface area (Å²) in [5, 5.41) is 20.7. The van der Waals surface area contributed by atoms with Crippen molar-refractivity contribution in [3.05, 3.63) is 166 Å². The van der Waals surface area contributed by atoms with Crippen LogP contribution in [0.3, 0.4) is 0 Å². The van der Waals surface area contributed by atoms with Gasteiger partial charge in [-0.15, -0.1) is 0 Å². The van der Waals surface area contributed by atoms with Gasteiger partial charge in [0.25, 0.3) is 11.8 Å². The molecule has 5 atom stereocenters. The Morgan fingerprint density at radius 3 is 2.08 bits per heavy atom. The van der Waals surface area contributed by atoms with E-state index in [2.05, 4.69) is 11.0 Å². The molecular formula is C43H42N2O6. The zero-order valence-corrected chi connectivity index (χ0v) is 28.8. The number of ether oxygens (including phenoxy) is 2. The van der Waals surface area contributed by atoms with Crippen molar-refractivity contribution < 1.29 is 29.3 Å². The van der Waals surface area contributed by atoms with E-state index in [9.17, 15) is 19.8 Å². The third kappa shape index (κ3) is 7.42. The molecule has 260 valence electrons. The predicted molar refractivity (Wildman–Crippen MR) is 194 cm³/mol. The summed E-state index contributed by atoms with van der Waals surface area (Å²) in [4.78, 5) is 29.5. The van der Waals surface area contributed by atoms with Crippen molar-refractivity contribution in [3.63, 3.8) is 0 Å². The number of hydrogen-bond acceptors (Lipinski definition) is 7. The van der Waals surface area contributed by atoms with Crippen LogP contribution in [-0.4, -0.2) is 57.6 Å². The molecule has 2 aliphatic heterocycles. The van der Waals surface area contributed by atoms with Gasteiger partial charge in [0.15, 0.2) is 6.29 Å². The molecule has 0 unspecified atom stereocenters. The van der Waals surface area contributed by atoms with Crippen LogP contribution in [-0.2, 0) is 22.6 Å². The smallest absolute Gasteiger partial charge is 0.261 e. The number of benzene rings is 5. The fourth-order valence-electron chi connectivity index (χ4n) is 6.97. The van der Waals surface area contributed by atoms with Gasteiger partial charge in [0.2, 0.25) is 0 Å². The highest BCUT2D eigenvalue weighted by atomic mass is 16.7. The summed E-state index contributed by atoms with van der Waals surface area (Å²) in [7, 11) is 2.01. The fourth-order valence-corrected chi connectivity index (χ4v) is 6.97. The Balaban J connectivity index is 1.11. The number of rotatable bonds is 11. The number of fused-ring (bicyclic) bond motifs is 1. The van der Waals surface area contributed by atoms with Crippen LogP contribution in [0.25, 0.3) is 11.1 Å². The van der Waals surface area contributed by atoms with Crippen molar-refractivity contribution in [1.29, 1.82) is 0 Å². The minimum absolute atomic E-state index is 0.0289. The lowest BCUT2D eigenvalue weighted by Crippen LogP contribution is -2.43. The number of aliphatic hydroxyl groups excluding tert-OH is 2. The topological polar surface area (TPSA) is 99.5 Å². The molecule has 2 N–H and O–H groups in total. The molecule has 0 saturated carbocycles. The molecule has 0 aromatic heterocycles. The van der Waals surface area contributed by atoms with Crippen LogP contribution in [0.15, 0.2) is 127 Å². The molecule has 1 fully saturated rings. The second-order valence-corrected chi connectivity index (χ2v) is 13.5. The van der Waals surface area contributed by atoms with E-state index in [0.29, 0.717) is 24.1 Å². The molecule has 51 heavy (non-hydrogen) atoms. The quantitative estimate of drug-likeness (QED) is 0.142. The van der Waals surface area contributed by atoms with E-state index < -0.39 is 12.4 Å². The molecule has 7 rings (SSSR count). The molecular weight excluding hydrogens is 640 g/mol. The first-order valence-corrected chi connectivity index (χ1v) is 17.4. The van der Waals surface area contributed by atoms with Gasteiger partial charge in [-0.1, -0.05) is 103 Å². The van der Waals surface area contributed by atoms with Crippen molar-refractivity contribution in [2.24, 2.45) is 0 Å². The lowest BCUT2D eigenvalue weighted by molar-refractivity contribution is -0.253. The Morgan fingerprint density at radius 1 is 0.745 bits per heavy atom. The Labute approximate surface area is 298 Å². The van der Waals surface area contributed by atoms with Crippen LogP contribution in [0, 0.1) is 0 Å². The van der Waals surface area contributed by atoms with E-state index in [1.165, 1.54) is 4.90 Å². The predicted octanol–water partition coefficient (Wildman–Crippen LogP) is 7.24. The van der Waals surface area contributed by atoms with Gasteiger partial charge in [0, 0.05) is 24.6 Å². The van der Waals surface area contributed by atoms with Gasteiger partial charge in [0.05, 0.1) is 42.6 Å². The summed E-state index contributed by atoms with van der Waals surface area (Å²) in [6.07, 6.45) is -1.15. The Kier molecular flexibility index (Phi) is 10.2. The number of nitrogens with zero attached hydrogens (tertiary/aromatic N) is 2. The molecule has 8 heteroatoms. The molecule has 0 radical (unpaired) electrons. The van der Waals surface area contributed by atoms with Gasteiger partial charge >= 0.3 is 0 Å². The van der Waals surface area contributed by atoms with Gasteiger partial charge in [-0.2, -0.15) is 0 Å². The number of amides is 2. The Hall–Kier alpha value is -4.96. The summed E-state index contributed by atoms with van der Waals surface area (Å²) in [5.74, 6) is -0.557. The third-order valence-electron chi connectivity index (χ3n) is 10.0. The van der Waals surface area contributed by atoms with E-state index in [0.717, 1.165) is 38.9 Å². The minimum Gasteiger partial charge on any atom is -0.392 e. The van der Waals surface area contributed by atoms with Gasteiger partial charge in [-0.05, 0) is 71.6 Å². The highest BCUT2D eigenvalue weighted by Gasteiger charge is 2.36. The summed E-state index contributed by atoms with van der Waals surface area (Å²) in [5.41, 5.74) is 7.18. The second kappa shape index (κ2) is 15.1. The number of imide groups is 1. The van der Waals surface area contributed by atoms with Crippen LogP contribution in [0.5, 0.6) is 0 Å². The minimum atomic E-state index is -0.657. The highest BCUT2D eigenvalue weighted by Crippen LogP contribution is 2.39. The summed E-state index contributed by atoms with van der Waals surface area (Å²) < 4.78 is 13.3. The third-order valence-corrected chi connectivity index (χ3v) is 10.0. The maximum atomic E-state index is 13.0. The largest absolute Gasteiger partial charge is 0.392 e. The number of likely N-dealkylation sites (N-methyl/N-ethyl adjacent to an activating group) is 1. The molecule has 5 aromatic rings. The Morgan fingerprint density at radius 2 is 1.39 bits per heavy atom. The van der Waals surface area contributed by atoms with Crippen LogP contribution < -0.4 is 0 Å². The monoisotopic (exact) mass is 682 g/mol. The van der Waals surface area contributed by atoms with Crippen molar-refractivity contribution in [3.8, 4) is 11.1 Å². The summed E-state index contributed by atoms with van der Waals surface area (Å²) in [6.45, 7) is 2.75. The van der Waals surface area contributed by atoms with Crippen molar-refractivity contribution in [1.82, 2.24) is 9.80 Å². The van der Waals surface area contributed by atoms with E-state index in [4.69, 9.17) is 9.47 Å². The molecule has 0 spiro atoms. The van der Waals surface area contributed by atoms with Crippen LogP contribution in [0.1, 0.15) is 80.4 Å². The maximum Gasteiger partial charge on any atom is 0.261 e. The summed E-state index contributed by atoms with van der Waals surface area (Å²) >= 11 is 0. The van der Waals surface area contributed by atoms with E-state index in [-0.39, 0.29) is 43.2 Å². The first-order chi connectivity index (χ1) is 24.8. The van der Waals surface area contributed by atoms with Gasteiger partial charge in [0.1, 0.15) is 0 Å². The molecule has 0 aliphatic carbocycles. The van der Waals surface area contributed by atoms with E-state index in [1.54, 1.807) is 24.3 Å². The molecule has 0 bridgehead atoms. The number of hydrogen-bond donors (Lipinski definition) is 2. The molecule has 2 aliphatic rings. The average Bonchev–Trinajstić information content (AvgIpc) is 3.42. The number of aliphatic hydroxyl groups is 2. The van der Waals surface area contributed by atoms with E-state index >= 15 is 0 Å². The second-order valence-electron chi connectivity index (χ2n) is 13.5. The molecule has 1 saturated heterocycles. The molecule has 5 aromatic carbocycles. The SMILES string of the molecule is C[C@H]([C@@H](O)c1ccccc1)N(C)C[C@@H]1C[C@H](c2ccc(CO)cc2)O[C@H](c2cccc(-c3cccc(CN4C(=O)c5ccccc5C4=O)c3)c2)O1. The number of carbonyl (C=O) groups is 2. The Bertz CT molecular complexity index is 1960. The van der Waals surface area contributed by atoms with Crippen molar-refractivity contribution >= 4 is 11.8 Å². The average molecular weight is 683 g/mol. The normalized spacial score (nSPS) is 20.0. The maximum absolute atomic E-state index is 13.0. The first-order valence-electron chi connectivity index (χ1n) is 17.4. The lowest BCUT2D eigenvalue weighted by atomic mass is 9.97. The molecule has 2 amide bonds. The summed E-state index contributed by atoms with van der Waals surface area (Å²) in [6, 6.07) is 40.2. The molecule has 8 nitrogen and oxygen atoms in total. The van der Waals surface area contributed by atoms with E-state index in [1.807, 2.05) is 111 Å². The number of carbonyl (C=O) groups excluding carboxylic acids is 2. The standard InChI is InChI=1S/C43H42N2O6/c1-28(40(47)32-11-4-3-5-12-32)44(2)26-36-24-39(31-20-18-29(27-46)19-21-31)51-43(50-36)35-15-9-14-34(23-35)33-13-8-10-30(22-33)25-45-41(48)37-16-6-7-17-38(37)42(45)49/h3-23,28,36,39-40,43,46-47H,24-27H2,1-2H3/t28-,36+,39-,40-,43-/m1/s1. The molecule has 2 heterocycles. The highest BCUT2D eigenvalue weighted by molar-refractivity contribution is 6.21. The van der Waals surface area contributed by atoms with Gasteiger partial charge in [-0.25, -0.2) is 0 Å². The van der Waals surface area contributed by atoms with Gasteiger partial charge in [-0.3, -0.25) is 19.4 Å². The van der Waals surface area contributed by atoms with Crippen LogP contribution in [0.2, 0.25) is 0 Å². The lowest BCUT2D eigenvalue weighted by Gasteiger charge is -2.39. The van der Waals surface area contributed by atoms with Crippen LogP contribution in [0.4, 0.5) is 0 Å². The van der Waals surface area contributed by atoms with Crippen molar-refractivity contribution in [2.75, 3.05) is 13.6 Å². The fraction of sp³-hybridized carbons (Fsp3) is 0.256. The zero-order valence-electron chi connectivity index (χ0n) is 28.8. The van der Waals surface area contributed by atoms with Crippen LogP contribution >= 0.6 is 0 Å². The zero-order chi connectivity index (χ0) is 35.5. The van der Waals surface area contributed by atoms with Crippen molar-refractivity contribution in [2.45, 2.75) is 57.1 Å². The first kappa shape index (κ1) is 34.5. The van der Waals surface area contributed by atoms with Gasteiger partial charge < -0.3 is 19.7 Å².